The summed E-state index contributed by atoms with van der Waals surface area (Å²) in [5.41, 5.74) is 6.46. The zero-order chi connectivity index (χ0) is 10.7. The number of hydrogen-bond acceptors (Lipinski definition) is 4. The van der Waals surface area contributed by atoms with Crippen LogP contribution >= 0.6 is 0 Å². The van der Waals surface area contributed by atoms with Crippen LogP contribution in [0.5, 0.6) is 5.75 Å². The lowest BCUT2D eigenvalue weighted by atomic mass is 10.2. The summed E-state index contributed by atoms with van der Waals surface area (Å²) in [6.07, 6.45) is 0. The smallest absolute Gasteiger partial charge is 0.239 e. The van der Waals surface area contributed by atoms with Gasteiger partial charge in [-0.2, -0.15) is 4.98 Å². The quantitative estimate of drug-likeness (QED) is 0.789. The molecule has 0 radical (unpaired) electrons. The van der Waals surface area contributed by atoms with E-state index in [0.717, 1.165) is 11.3 Å². The molecule has 0 aliphatic rings. The number of nitrogens with one attached hydrogen (secondary N) is 1. The van der Waals surface area contributed by atoms with Crippen molar-refractivity contribution in [3.63, 3.8) is 0 Å². The molecule has 2 rings (SSSR count). The molecule has 0 aliphatic heterocycles. The number of ether oxygens (including phenoxy) is 1. The van der Waals surface area contributed by atoms with Crippen molar-refractivity contribution in [3.05, 3.63) is 35.7 Å². The Labute approximate surface area is 87.3 Å². The summed E-state index contributed by atoms with van der Waals surface area (Å²) >= 11 is 0. The zero-order valence-corrected chi connectivity index (χ0v) is 8.40. The first kappa shape index (κ1) is 9.51. The highest BCUT2D eigenvalue weighted by Gasteiger charge is 2.02. The standard InChI is InChI=1S/C10H12N4O/c1-7-4-2-3-5-8(7)15-6-9-12-10(11)14-13-9/h2-5H,6H2,1H3,(H3,11,12,13,14). The molecular weight excluding hydrogens is 192 g/mol. The molecular formula is C10H12N4O. The maximum absolute atomic E-state index is 5.55. The fraction of sp³-hybridized carbons (Fsp3) is 0.200. The summed E-state index contributed by atoms with van der Waals surface area (Å²) in [5.74, 6) is 1.70. The van der Waals surface area contributed by atoms with Gasteiger partial charge in [-0.1, -0.05) is 18.2 Å². The van der Waals surface area contributed by atoms with Gasteiger partial charge in [-0.25, -0.2) is 0 Å². The monoisotopic (exact) mass is 204 g/mol. The number of nitrogen functional groups attached to an aromatic ring is 1. The average Bonchev–Trinajstić information content (AvgIpc) is 2.63. The number of benzene rings is 1. The van der Waals surface area contributed by atoms with Crippen LogP contribution in [0.3, 0.4) is 0 Å². The van der Waals surface area contributed by atoms with Gasteiger partial charge in [-0.15, -0.1) is 5.10 Å². The van der Waals surface area contributed by atoms with E-state index in [4.69, 9.17) is 10.5 Å². The molecule has 2 aromatic rings. The van der Waals surface area contributed by atoms with Crippen molar-refractivity contribution in [1.82, 2.24) is 15.2 Å². The van der Waals surface area contributed by atoms with Crippen molar-refractivity contribution in [2.24, 2.45) is 0 Å². The number of hydrogen-bond donors (Lipinski definition) is 2. The minimum Gasteiger partial charge on any atom is -0.485 e. The Morgan fingerprint density at radius 2 is 2.20 bits per heavy atom. The lowest BCUT2D eigenvalue weighted by Crippen LogP contribution is -1.99. The average molecular weight is 204 g/mol. The number of anilines is 1. The largest absolute Gasteiger partial charge is 0.485 e. The summed E-state index contributed by atoms with van der Waals surface area (Å²) in [4.78, 5) is 3.94. The van der Waals surface area contributed by atoms with Crippen molar-refractivity contribution < 1.29 is 4.74 Å². The van der Waals surface area contributed by atoms with Gasteiger partial charge in [0.2, 0.25) is 5.95 Å². The molecule has 1 heterocycles. The molecule has 0 bridgehead atoms. The first-order chi connectivity index (χ1) is 7.25. The first-order valence-corrected chi connectivity index (χ1v) is 4.61. The normalized spacial score (nSPS) is 10.2. The number of nitrogens with zero attached hydrogens (tertiary/aromatic N) is 2. The Morgan fingerprint density at radius 1 is 1.40 bits per heavy atom. The van der Waals surface area contributed by atoms with Crippen LogP contribution in [-0.4, -0.2) is 15.2 Å². The van der Waals surface area contributed by atoms with E-state index >= 15 is 0 Å². The Hall–Kier alpha value is -2.04. The number of aromatic nitrogens is 3. The predicted molar refractivity (Wildman–Crippen MR) is 56.3 cm³/mol. The summed E-state index contributed by atoms with van der Waals surface area (Å²) in [6.45, 7) is 2.33. The van der Waals surface area contributed by atoms with Crippen LogP contribution in [0, 0.1) is 6.92 Å². The molecule has 0 unspecified atom stereocenters. The number of H-pyrrole nitrogens is 1. The lowest BCUT2D eigenvalue weighted by Gasteiger charge is -2.06. The second-order valence-electron chi connectivity index (χ2n) is 3.19. The second-order valence-corrected chi connectivity index (χ2v) is 3.19. The van der Waals surface area contributed by atoms with Crippen LogP contribution in [0.4, 0.5) is 5.95 Å². The molecule has 0 saturated heterocycles. The molecule has 3 N–H and O–H groups in total. The second kappa shape index (κ2) is 4.00. The van der Waals surface area contributed by atoms with Crippen LogP contribution in [0.2, 0.25) is 0 Å². The van der Waals surface area contributed by atoms with E-state index in [9.17, 15) is 0 Å². The Bertz CT molecular complexity index is 452. The van der Waals surface area contributed by atoms with Crippen molar-refractivity contribution >= 4 is 5.95 Å². The fourth-order valence-electron chi connectivity index (χ4n) is 1.24. The van der Waals surface area contributed by atoms with Crippen molar-refractivity contribution in [1.29, 1.82) is 0 Å². The molecule has 0 amide bonds. The molecule has 5 nitrogen and oxygen atoms in total. The van der Waals surface area contributed by atoms with Gasteiger partial charge < -0.3 is 10.5 Å². The van der Waals surface area contributed by atoms with Gasteiger partial charge in [-0.3, -0.25) is 5.10 Å². The third-order valence-electron chi connectivity index (χ3n) is 2.01. The molecule has 1 aromatic carbocycles. The highest BCUT2D eigenvalue weighted by atomic mass is 16.5. The van der Waals surface area contributed by atoms with Gasteiger partial charge in [0, 0.05) is 0 Å². The summed E-state index contributed by atoms with van der Waals surface area (Å²) in [6, 6.07) is 7.80. The molecule has 0 spiro atoms. The van der Waals surface area contributed by atoms with Gasteiger partial charge in [0.25, 0.3) is 0 Å². The number of aromatic amines is 1. The number of nitrogens with two attached hydrogens (primary N) is 1. The summed E-state index contributed by atoms with van der Waals surface area (Å²) < 4.78 is 5.55. The van der Waals surface area contributed by atoms with Crippen LogP contribution in [0.25, 0.3) is 0 Å². The predicted octanol–water partition coefficient (Wildman–Crippen LogP) is 1.27. The van der Waals surface area contributed by atoms with Crippen molar-refractivity contribution in [2.45, 2.75) is 13.5 Å². The van der Waals surface area contributed by atoms with E-state index in [1.165, 1.54) is 0 Å². The van der Waals surface area contributed by atoms with Crippen LogP contribution in [-0.2, 0) is 6.61 Å². The third kappa shape index (κ3) is 2.25. The molecule has 0 aliphatic carbocycles. The fourth-order valence-corrected chi connectivity index (χ4v) is 1.24. The molecule has 0 saturated carbocycles. The van der Waals surface area contributed by atoms with Gasteiger partial charge >= 0.3 is 0 Å². The van der Waals surface area contributed by atoms with Crippen molar-refractivity contribution in [2.75, 3.05) is 5.73 Å². The van der Waals surface area contributed by atoms with Crippen LogP contribution in [0.1, 0.15) is 11.4 Å². The maximum atomic E-state index is 5.55. The minimum atomic E-state index is 0.235. The van der Waals surface area contributed by atoms with E-state index in [1.807, 2.05) is 31.2 Å². The summed E-state index contributed by atoms with van der Waals surface area (Å²) in [7, 11) is 0. The van der Waals surface area contributed by atoms with E-state index in [1.54, 1.807) is 0 Å². The van der Waals surface area contributed by atoms with Gasteiger partial charge in [0.15, 0.2) is 5.82 Å². The molecule has 0 fully saturated rings. The van der Waals surface area contributed by atoms with Gasteiger partial charge in [0.1, 0.15) is 12.4 Å². The number of rotatable bonds is 3. The highest BCUT2D eigenvalue weighted by Crippen LogP contribution is 2.16. The molecule has 78 valence electrons. The topological polar surface area (TPSA) is 76.8 Å². The van der Waals surface area contributed by atoms with Crippen molar-refractivity contribution in [3.8, 4) is 5.75 Å². The minimum absolute atomic E-state index is 0.235. The SMILES string of the molecule is Cc1ccccc1OCc1nc(N)n[nH]1. The first-order valence-electron chi connectivity index (χ1n) is 4.61. The molecule has 5 heteroatoms. The highest BCUT2D eigenvalue weighted by molar-refractivity contribution is 5.31. The number of para-hydroxylation sites is 1. The van der Waals surface area contributed by atoms with E-state index in [0.29, 0.717) is 12.4 Å². The van der Waals surface area contributed by atoms with Gasteiger partial charge in [-0.05, 0) is 18.6 Å². The van der Waals surface area contributed by atoms with E-state index in [-0.39, 0.29) is 5.95 Å². The van der Waals surface area contributed by atoms with Crippen LogP contribution < -0.4 is 10.5 Å². The lowest BCUT2D eigenvalue weighted by molar-refractivity contribution is 0.294. The molecule has 0 atom stereocenters. The summed E-state index contributed by atoms with van der Waals surface area (Å²) in [5, 5.41) is 6.40. The molecule has 1 aromatic heterocycles. The Balaban J connectivity index is 2.02. The van der Waals surface area contributed by atoms with Crippen LogP contribution in [0.15, 0.2) is 24.3 Å². The Kier molecular flexibility index (Phi) is 2.53. The number of aryl methyl sites for hydroxylation is 1. The zero-order valence-electron chi connectivity index (χ0n) is 8.40. The van der Waals surface area contributed by atoms with E-state index < -0.39 is 0 Å². The third-order valence-corrected chi connectivity index (χ3v) is 2.01. The molecule has 15 heavy (non-hydrogen) atoms. The maximum Gasteiger partial charge on any atom is 0.239 e. The Morgan fingerprint density at radius 3 is 2.87 bits per heavy atom. The van der Waals surface area contributed by atoms with E-state index in [2.05, 4.69) is 15.2 Å². The van der Waals surface area contributed by atoms with Gasteiger partial charge in [0.05, 0.1) is 0 Å².